The minimum atomic E-state index is -0.117. The van der Waals surface area contributed by atoms with Crippen molar-refractivity contribution in [1.29, 1.82) is 0 Å². The number of benzene rings is 1. The molecule has 1 saturated heterocycles. The molecule has 2 N–H and O–H groups in total. The average molecular weight is 482 g/mol. The maximum atomic E-state index is 6.46. The summed E-state index contributed by atoms with van der Waals surface area (Å²) in [6, 6.07) is 5.68. The highest BCUT2D eigenvalue weighted by Crippen LogP contribution is 2.39. The largest absolute Gasteiger partial charge is 0.381 e. The lowest BCUT2D eigenvalue weighted by molar-refractivity contribution is 0.0514. The highest BCUT2D eigenvalue weighted by atomic mass is 127. The Bertz CT molecular complexity index is 610. The number of guanidine groups is 1. The van der Waals surface area contributed by atoms with Crippen molar-refractivity contribution in [3.63, 3.8) is 0 Å². The first kappa shape index (κ1) is 21.4. The van der Waals surface area contributed by atoms with Crippen LogP contribution in [0.25, 0.3) is 0 Å². The van der Waals surface area contributed by atoms with E-state index in [0.29, 0.717) is 42.3 Å². The number of nitrogens with one attached hydrogen (secondary N) is 2. The molecule has 0 atom stereocenters. The topological polar surface area (TPSA) is 45.7 Å². The van der Waals surface area contributed by atoms with Crippen LogP contribution in [0, 0.1) is 12.3 Å². The maximum Gasteiger partial charge on any atom is 0.191 e. The zero-order chi connectivity index (χ0) is 16.7. The van der Waals surface area contributed by atoms with Gasteiger partial charge in [-0.25, -0.2) is 0 Å². The van der Waals surface area contributed by atoms with E-state index in [2.05, 4.69) is 21.5 Å². The lowest BCUT2D eigenvalue weighted by Crippen LogP contribution is -2.48. The van der Waals surface area contributed by atoms with Crippen molar-refractivity contribution in [3.05, 3.63) is 33.8 Å². The van der Waals surface area contributed by atoms with E-state index >= 15 is 0 Å². The lowest BCUT2D eigenvalue weighted by Gasteiger charge is -2.38. The number of terminal acetylenes is 1. The van der Waals surface area contributed by atoms with Crippen LogP contribution in [0.3, 0.4) is 0 Å². The molecule has 4 nitrogen and oxygen atoms in total. The molecule has 0 spiro atoms. The smallest absolute Gasteiger partial charge is 0.191 e. The van der Waals surface area contributed by atoms with Gasteiger partial charge in [0.2, 0.25) is 0 Å². The Morgan fingerprint density at radius 2 is 2.04 bits per heavy atom. The third kappa shape index (κ3) is 5.41. The van der Waals surface area contributed by atoms with Crippen LogP contribution in [0.2, 0.25) is 10.0 Å². The van der Waals surface area contributed by atoms with Crippen molar-refractivity contribution in [2.45, 2.75) is 18.3 Å². The SMILES string of the molecule is C#CCNC(=NC)NCC1(c2ccc(Cl)cc2Cl)CCOCC1.I. The van der Waals surface area contributed by atoms with Crippen molar-refractivity contribution >= 4 is 53.1 Å². The second kappa shape index (κ2) is 10.3. The molecule has 1 aromatic carbocycles. The summed E-state index contributed by atoms with van der Waals surface area (Å²) in [5, 5.41) is 7.75. The summed E-state index contributed by atoms with van der Waals surface area (Å²) in [6.45, 7) is 2.54. The van der Waals surface area contributed by atoms with Crippen LogP contribution in [0.1, 0.15) is 18.4 Å². The van der Waals surface area contributed by atoms with E-state index in [0.717, 1.165) is 18.4 Å². The molecule has 0 amide bonds. The van der Waals surface area contributed by atoms with Crippen LogP contribution in [0.4, 0.5) is 0 Å². The molecular weight excluding hydrogens is 460 g/mol. The molecule has 1 aliphatic heterocycles. The zero-order valence-electron chi connectivity index (χ0n) is 13.6. The van der Waals surface area contributed by atoms with Crippen LogP contribution >= 0.6 is 47.2 Å². The summed E-state index contributed by atoms with van der Waals surface area (Å²) < 4.78 is 5.54. The second-order valence-corrected chi connectivity index (χ2v) is 6.34. The van der Waals surface area contributed by atoms with Crippen molar-refractivity contribution in [3.8, 4) is 12.3 Å². The highest BCUT2D eigenvalue weighted by Gasteiger charge is 2.36. The van der Waals surface area contributed by atoms with Gasteiger partial charge in [0.15, 0.2) is 5.96 Å². The quantitative estimate of drug-likeness (QED) is 0.299. The van der Waals surface area contributed by atoms with Crippen LogP contribution in [-0.4, -0.2) is 39.3 Å². The molecule has 0 bridgehead atoms. The second-order valence-electron chi connectivity index (χ2n) is 5.50. The number of ether oxygens (including phenoxy) is 1. The zero-order valence-corrected chi connectivity index (χ0v) is 17.4. The first-order valence-corrected chi connectivity index (χ1v) is 8.28. The predicted octanol–water partition coefficient (Wildman–Crippen LogP) is 3.46. The number of aliphatic imine (C=N–C) groups is 1. The normalized spacial score (nSPS) is 16.7. The van der Waals surface area contributed by atoms with E-state index in [1.807, 2.05) is 12.1 Å². The van der Waals surface area contributed by atoms with Gasteiger partial charge in [-0.05, 0) is 30.5 Å². The Labute approximate surface area is 170 Å². The van der Waals surface area contributed by atoms with Gasteiger partial charge in [-0.1, -0.05) is 35.2 Å². The molecule has 1 aromatic rings. The molecule has 1 aliphatic rings. The fourth-order valence-corrected chi connectivity index (χ4v) is 3.44. The highest BCUT2D eigenvalue weighted by molar-refractivity contribution is 14.0. The molecule has 7 heteroatoms. The first-order chi connectivity index (χ1) is 11.1. The van der Waals surface area contributed by atoms with Gasteiger partial charge in [0.25, 0.3) is 0 Å². The molecule has 0 unspecified atom stereocenters. The fraction of sp³-hybridized carbons (Fsp3) is 0.471. The van der Waals surface area contributed by atoms with E-state index in [4.69, 9.17) is 34.4 Å². The number of halogens is 3. The van der Waals surface area contributed by atoms with Gasteiger partial charge in [0.05, 0.1) is 6.54 Å². The molecule has 2 rings (SSSR count). The molecule has 0 radical (unpaired) electrons. The molecule has 0 saturated carbocycles. The fourth-order valence-electron chi connectivity index (χ4n) is 2.83. The van der Waals surface area contributed by atoms with E-state index in [1.165, 1.54) is 0 Å². The third-order valence-electron chi connectivity index (χ3n) is 4.13. The summed E-state index contributed by atoms with van der Waals surface area (Å²) in [7, 11) is 1.72. The van der Waals surface area contributed by atoms with Crippen LogP contribution in [0.5, 0.6) is 0 Å². The van der Waals surface area contributed by atoms with E-state index in [-0.39, 0.29) is 29.4 Å². The average Bonchev–Trinajstić information content (AvgIpc) is 2.56. The summed E-state index contributed by atoms with van der Waals surface area (Å²) in [5.74, 6) is 3.22. The van der Waals surface area contributed by atoms with Gasteiger partial charge in [-0.2, -0.15) is 0 Å². The summed E-state index contributed by atoms with van der Waals surface area (Å²) in [5.41, 5.74) is 0.972. The third-order valence-corrected chi connectivity index (χ3v) is 4.68. The Hall–Kier alpha value is -0.680. The predicted molar refractivity (Wildman–Crippen MR) is 112 cm³/mol. The molecule has 132 valence electrons. The van der Waals surface area contributed by atoms with Gasteiger partial charge < -0.3 is 15.4 Å². The number of hydrogen-bond acceptors (Lipinski definition) is 2. The summed E-state index contributed by atoms with van der Waals surface area (Å²) in [4.78, 5) is 4.18. The summed E-state index contributed by atoms with van der Waals surface area (Å²) in [6.07, 6.45) is 7.04. The lowest BCUT2D eigenvalue weighted by atomic mass is 9.74. The standard InChI is InChI=1S/C17H21Cl2N3O.HI/c1-3-8-21-16(20-2)22-12-17(6-9-23-10-7-17)14-5-4-13(18)11-15(14)19;/h1,4-5,11H,6-10,12H2,2H3,(H2,20,21,22);1H. The molecule has 24 heavy (non-hydrogen) atoms. The van der Waals surface area contributed by atoms with Gasteiger partial charge in [-0.3, -0.25) is 4.99 Å². The Morgan fingerprint density at radius 1 is 1.33 bits per heavy atom. The monoisotopic (exact) mass is 481 g/mol. The molecule has 0 aliphatic carbocycles. The molecule has 1 fully saturated rings. The Kier molecular flexibility index (Phi) is 9.21. The van der Waals surface area contributed by atoms with Crippen molar-refractivity contribution in [1.82, 2.24) is 10.6 Å². The summed E-state index contributed by atoms with van der Waals surface area (Å²) >= 11 is 12.5. The Balaban J connectivity index is 0.00000288. The number of hydrogen-bond donors (Lipinski definition) is 2. The van der Waals surface area contributed by atoms with Crippen LogP contribution in [0.15, 0.2) is 23.2 Å². The maximum absolute atomic E-state index is 6.46. The van der Waals surface area contributed by atoms with Crippen molar-refractivity contribution in [2.75, 3.05) is 33.4 Å². The Morgan fingerprint density at radius 3 is 2.62 bits per heavy atom. The first-order valence-electron chi connectivity index (χ1n) is 7.52. The molecule has 0 aromatic heterocycles. The minimum absolute atomic E-state index is 0. The van der Waals surface area contributed by atoms with Crippen molar-refractivity contribution in [2.24, 2.45) is 4.99 Å². The van der Waals surface area contributed by atoms with Gasteiger partial charge in [0.1, 0.15) is 0 Å². The van der Waals surface area contributed by atoms with Gasteiger partial charge >= 0.3 is 0 Å². The molecule has 1 heterocycles. The van der Waals surface area contributed by atoms with Crippen molar-refractivity contribution < 1.29 is 4.74 Å². The van der Waals surface area contributed by atoms with Gasteiger partial charge in [-0.15, -0.1) is 30.4 Å². The minimum Gasteiger partial charge on any atom is -0.381 e. The van der Waals surface area contributed by atoms with E-state index in [1.54, 1.807) is 13.1 Å². The number of rotatable bonds is 4. The molecular formula is C17H22Cl2IN3O. The van der Waals surface area contributed by atoms with Gasteiger partial charge in [0, 0.05) is 42.3 Å². The van der Waals surface area contributed by atoms with Crippen LogP contribution < -0.4 is 10.6 Å². The van der Waals surface area contributed by atoms with E-state index in [9.17, 15) is 0 Å². The van der Waals surface area contributed by atoms with E-state index < -0.39 is 0 Å². The number of nitrogens with zero attached hydrogens (tertiary/aromatic N) is 1. The van der Waals surface area contributed by atoms with Crippen LogP contribution in [-0.2, 0) is 10.2 Å².